The molecule has 1 amide bonds. The van der Waals surface area contributed by atoms with Gasteiger partial charge in [0.15, 0.2) is 5.13 Å². The number of pyridine rings is 1. The van der Waals surface area contributed by atoms with E-state index in [-0.39, 0.29) is 5.91 Å². The Hall–Kier alpha value is -2.25. The van der Waals surface area contributed by atoms with E-state index in [1.165, 1.54) is 75.7 Å². The average molecular weight is 468 g/mol. The standard InChI is InChI=1S/C26H37N5OS/c1-30(23-13-8-14-27-17-23)26-29-24(20-33-26)25(32)28-16-22-12-9-15-31(19-22)18-21-10-6-4-2-3-5-7-11-21/h8,10,13-14,17,20,22H,2-7,9,11-12,15-16,18-19H2,1H3,(H,28,32)/b21-10+. The molecule has 0 saturated carbocycles. The van der Waals surface area contributed by atoms with Crippen LogP contribution in [0, 0.1) is 5.92 Å². The fourth-order valence-electron chi connectivity index (χ4n) is 4.84. The fraction of sp³-hybridized carbons (Fsp3) is 0.577. The normalized spacial score (nSPS) is 21.8. The Kier molecular flexibility index (Phi) is 8.89. The second-order valence-corrected chi connectivity index (χ2v) is 10.2. The zero-order valence-corrected chi connectivity index (χ0v) is 20.7. The van der Waals surface area contributed by atoms with Gasteiger partial charge in [-0.15, -0.1) is 11.3 Å². The Morgan fingerprint density at radius 3 is 3.00 bits per heavy atom. The molecule has 6 nitrogen and oxygen atoms in total. The lowest BCUT2D eigenvalue weighted by Crippen LogP contribution is -2.41. The van der Waals surface area contributed by atoms with E-state index >= 15 is 0 Å². The summed E-state index contributed by atoms with van der Waals surface area (Å²) in [6, 6.07) is 3.88. The third-order valence-corrected chi connectivity index (χ3v) is 7.68. The Bertz CT molecular complexity index is 912. The molecule has 0 aromatic carbocycles. The number of aromatic nitrogens is 2. The number of rotatable bonds is 7. The summed E-state index contributed by atoms with van der Waals surface area (Å²) in [5, 5.41) is 5.78. The fourth-order valence-corrected chi connectivity index (χ4v) is 5.63. The molecule has 4 rings (SSSR count). The smallest absolute Gasteiger partial charge is 0.270 e. The maximum absolute atomic E-state index is 12.7. The summed E-state index contributed by atoms with van der Waals surface area (Å²) in [5.41, 5.74) is 3.08. The van der Waals surface area contributed by atoms with Crippen molar-refractivity contribution in [3.63, 3.8) is 0 Å². The van der Waals surface area contributed by atoms with Gasteiger partial charge in [0.2, 0.25) is 0 Å². The van der Waals surface area contributed by atoms with Crippen molar-refractivity contribution < 1.29 is 4.79 Å². The monoisotopic (exact) mass is 467 g/mol. The van der Waals surface area contributed by atoms with Crippen molar-refractivity contribution in [3.8, 4) is 0 Å². The van der Waals surface area contributed by atoms with Crippen molar-refractivity contribution in [2.24, 2.45) is 5.92 Å². The van der Waals surface area contributed by atoms with Crippen molar-refractivity contribution in [2.75, 3.05) is 38.1 Å². The summed E-state index contributed by atoms with van der Waals surface area (Å²) >= 11 is 1.48. The molecule has 33 heavy (non-hydrogen) atoms. The van der Waals surface area contributed by atoms with Gasteiger partial charge in [0.1, 0.15) is 5.69 Å². The summed E-state index contributed by atoms with van der Waals surface area (Å²) in [5.74, 6) is 0.434. The topological polar surface area (TPSA) is 61.4 Å². The number of amides is 1. The molecule has 2 aromatic heterocycles. The van der Waals surface area contributed by atoms with Crippen LogP contribution >= 0.6 is 11.3 Å². The zero-order chi connectivity index (χ0) is 22.9. The molecule has 7 heteroatoms. The molecule has 2 aromatic rings. The first-order valence-electron chi connectivity index (χ1n) is 12.5. The van der Waals surface area contributed by atoms with E-state index in [1.54, 1.807) is 18.0 Å². The van der Waals surface area contributed by atoms with Gasteiger partial charge in [0.05, 0.1) is 11.9 Å². The SMILES string of the molecule is CN(c1cccnc1)c1nc(C(=O)NCC2CCCN(C/C3=C/CCCCCCC3)C2)cs1. The second-order valence-electron chi connectivity index (χ2n) is 9.41. The van der Waals surface area contributed by atoms with Crippen LogP contribution < -0.4 is 10.2 Å². The minimum Gasteiger partial charge on any atom is -0.350 e. The van der Waals surface area contributed by atoms with E-state index in [1.807, 2.05) is 29.5 Å². The molecule has 3 heterocycles. The average Bonchev–Trinajstić information content (AvgIpc) is 3.38. The van der Waals surface area contributed by atoms with Crippen LogP contribution in [0.2, 0.25) is 0 Å². The number of allylic oxidation sites excluding steroid dienone is 1. The van der Waals surface area contributed by atoms with Crippen molar-refractivity contribution >= 4 is 28.1 Å². The molecule has 0 radical (unpaired) electrons. The molecule has 0 spiro atoms. The Balaban J connectivity index is 1.26. The Morgan fingerprint density at radius 1 is 1.24 bits per heavy atom. The summed E-state index contributed by atoms with van der Waals surface area (Å²) in [6.45, 7) is 4.09. The number of carbonyl (C=O) groups is 1. The summed E-state index contributed by atoms with van der Waals surface area (Å²) < 4.78 is 0. The van der Waals surface area contributed by atoms with Gasteiger partial charge in [0.25, 0.3) is 5.91 Å². The molecule has 0 bridgehead atoms. The molecule has 2 aliphatic rings. The molecule has 1 aliphatic heterocycles. The first-order chi connectivity index (χ1) is 16.2. The van der Waals surface area contributed by atoms with Gasteiger partial charge in [-0.05, 0) is 63.1 Å². The van der Waals surface area contributed by atoms with Crippen LogP contribution in [-0.2, 0) is 0 Å². The van der Waals surface area contributed by atoms with Gasteiger partial charge in [-0.1, -0.05) is 30.9 Å². The van der Waals surface area contributed by atoms with E-state index in [4.69, 9.17) is 0 Å². The molecule has 178 valence electrons. The van der Waals surface area contributed by atoms with Gasteiger partial charge in [0, 0.05) is 38.3 Å². The quantitative estimate of drug-likeness (QED) is 0.551. The number of anilines is 2. The lowest BCUT2D eigenvalue weighted by molar-refractivity contribution is 0.0930. The number of carbonyl (C=O) groups excluding carboxylic acids is 1. The number of nitrogens with zero attached hydrogens (tertiary/aromatic N) is 4. The first-order valence-corrected chi connectivity index (χ1v) is 13.3. The predicted octanol–water partition coefficient (Wildman–Crippen LogP) is 5.42. The van der Waals surface area contributed by atoms with Crippen molar-refractivity contribution in [1.29, 1.82) is 0 Å². The summed E-state index contributed by atoms with van der Waals surface area (Å²) in [6.07, 6.45) is 17.8. The summed E-state index contributed by atoms with van der Waals surface area (Å²) in [4.78, 5) is 26.0. The van der Waals surface area contributed by atoms with Crippen LogP contribution in [0.5, 0.6) is 0 Å². The highest BCUT2D eigenvalue weighted by Crippen LogP contribution is 2.26. The minimum atomic E-state index is -0.0758. The van der Waals surface area contributed by atoms with E-state index in [0.29, 0.717) is 11.6 Å². The molecule has 1 unspecified atom stereocenters. The predicted molar refractivity (Wildman–Crippen MR) is 136 cm³/mol. The molecule has 1 fully saturated rings. The summed E-state index contributed by atoms with van der Waals surface area (Å²) in [7, 11) is 1.95. The maximum atomic E-state index is 12.7. The zero-order valence-electron chi connectivity index (χ0n) is 19.8. The molecule has 1 atom stereocenters. The lowest BCUT2D eigenvalue weighted by Gasteiger charge is -2.33. The van der Waals surface area contributed by atoms with Crippen LogP contribution in [-0.4, -0.2) is 54.0 Å². The van der Waals surface area contributed by atoms with Gasteiger partial charge >= 0.3 is 0 Å². The third kappa shape index (κ3) is 7.11. The van der Waals surface area contributed by atoms with Gasteiger partial charge in [-0.2, -0.15) is 0 Å². The van der Waals surface area contributed by atoms with Gasteiger partial charge < -0.3 is 10.2 Å². The van der Waals surface area contributed by atoms with E-state index in [2.05, 4.69) is 26.3 Å². The highest BCUT2D eigenvalue weighted by Gasteiger charge is 2.22. The molecule has 1 saturated heterocycles. The number of hydrogen-bond acceptors (Lipinski definition) is 6. The molecular formula is C26H37N5OS. The highest BCUT2D eigenvalue weighted by molar-refractivity contribution is 7.14. The molecular weight excluding hydrogens is 430 g/mol. The Morgan fingerprint density at radius 2 is 2.12 bits per heavy atom. The van der Waals surface area contributed by atoms with Crippen LogP contribution in [0.4, 0.5) is 10.8 Å². The van der Waals surface area contributed by atoms with Crippen LogP contribution in [0.25, 0.3) is 0 Å². The maximum Gasteiger partial charge on any atom is 0.270 e. The number of likely N-dealkylation sites (tertiary alicyclic amines) is 1. The molecule has 1 N–H and O–H groups in total. The van der Waals surface area contributed by atoms with E-state index in [0.717, 1.165) is 30.5 Å². The molecule has 1 aliphatic carbocycles. The van der Waals surface area contributed by atoms with E-state index in [9.17, 15) is 4.79 Å². The Labute approximate surface area is 202 Å². The van der Waals surface area contributed by atoms with Gasteiger partial charge in [-0.3, -0.25) is 14.7 Å². The minimum absolute atomic E-state index is 0.0758. The van der Waals surface area contributed by atoms with Crippen molar-refractivity contribution in [1.82, 2.24) is 20.2 Å². The number of piperidine rings is 1. The number of thiazole rings is 1. The second kappa shape index (κ2) is 12.3. The largest absolute Gasteiger partial charge is 0.350 e. The number of nitrogens with one attached hydrogen (secondary N) is 1. The lowest BCUT2D eigenvalue weighted by atomic mass is 9.96. The first kappa shape index (κ1) is 23.9. The van der Waals surface area contributed by atoms with Crippen LogP contribution in [0.15, 0.2) is 41.6 Å². The van der Waals surface area contributed by atoms with Crippen LogP contribution in [0.3, 0.4) is 0 Å². The highest BCUT2D eigenvalue weighted by atomic mass is 32.1. The number of hydrogen-bond donors (Lipinski definition) is 1. The van der Waals surface area contributed by atoms with Crippen molar-refractivity contribution in [3.05, 3.63) is 47.2 Å². The third-order valence-electron chi connectivity index (χ3n) is 6.76. The van der Waals surface area contributed by atoms with Crippen LogP contribution in [0.1, 0.15) is 68.3 Å². The van der Waals surface area contributed by atoms with Gasteiger partial charge in [-0.25, -0.2) is 4.98 Å². The van der Waals surface area contributed by atoms with E-state index < -0.39 is 0 Å². The van der Waals surface area contributed by atoms with Crippen molar-refractivity contribution in [2.45, 2.75) is 57.8 Å².